The van der Waals surface area contributed by atoms with Crippen molar-refractivity contribution in [1.82, 2.24) is 4.90 Å². The summed E-state index contributed by atoms with van der Waals surface area (Å²) in [5, 5.41) is 4.03. The number of rotatable bonds is 0. The maximum atomic E-state index is 11.9. The molecule has 0 aromatic carbocycles. The van der Waals surface area contributed by atoms with Gasteiger partial charge in [-0.2, -0.15) is 0 Å². The first-order chi connectivity index (χ1) is 7.47. The molecule has 2 heterocycles. The lowest BCUT2D eigenvalue weighted by Gasteiger charge is -2.27. The zero-order valence-electron chi connectivity index (χ0n) is 9.64. The van der Waals surface area contributed by atoms with Crippen molar-refractivity contribution in [2.45, 2.75) is 32.4 Å². The molecule has 0 radical (unpaired) electrons. The van der Waals surface area contributed by atoms with Gasteiger partial charge in [-0.15, -0.1) is 11.8 Å². The Hall–Kier alpha value is -1.16. The molecule has 16 heavy (non-hydrogen) atoms. The van der Waals surface area contributed by atoms with E-state index in [1.807, 2.05) is 43.7 Å². The maximum absolute atomic E-state index is 11.9. The Morgan fingerprint density at radius 2 is 2.25 bits per heavy atom. The number of nitrogens with zero attached hydrogens (tertiary/aromatic N) is 1. The highest BCUT2D eigenvalue weighted by Gasteiger charge is 2.31. The third-order valence-corrected chi connectivity index (χ3v) is 2.94. The Labute approximate surface area is 99.8 Å². The minimum Gasteiger partial charge on any atom is -0.443 e. The fourth-order valence-corrected chi connectivity index (χ4v) is 2.25. The van der Waals surface area contributed by atoms with Crippen molar-refractivity contribution in [2.75, 3.05) is 0 Å². The van der Waals surface area contributed by atoms with E-state index in [0.717, 1.165) is 5.57 Å². The molecule has 1 amide bonds. The van der Waals surface area contributed by atoms with E-state index in [1.54, 1.807) is 22.9 Å². The second kappa shape index (κ2) is 4.01. The minimum atomic E-state index is -0.454. The summed E-state index contributed by atoms with van der Waals surface area (Å²) in [5.41, 5.74) is 0.684. The van der Waals surface area contributed by atoms with Crippen LogP contribution < -0.4 is 0 Å². The standard InChI is InChI=1S/C12H15NO2S/c1-12(2,3)15-11(14)13-6-4-9-8-16-7-5-10(9)13/h4-8,10H,1-3H3. The number of hydrogen-bond acceptors (Lipinski definition) is 3. The lowest BCUT2D eigenvalue weighted by molar-refractivity contribution is 0.0327. The Morgan fingerprint density at radius 3 is 2.94 bits per heavy atom. The Bertz CT molecular complexity index is 390. The summed E-state index contributed by atoms with van der Waals surface area (Å²) in [4.78, 5) is 13.5. The highest BCUT2D eigenvalue weighted by molar-refractivity contribution is 8.05. The third-order valence-electron chi connectivity index (χ3n) is 2.22. The van der Waals surface area contributed by atoms with Gasteiger partial charge in [0, 0.05) is 6.20 Å². The molecule has 0 fully saturated rings. The van der Waals surface area contributed by atoms with Crippen molar-refractivity contribution in [3.8, 4) is 0 Å². The van der Waals surface area contributed by atoms with Gasteiger partial charge in [-0.3, -0.25) is 4.90 Å². The summed E-state index contributed by atoms with van der Waals surface area (Å²) in [5.74, 6) is 0. The van der Waals surface area contributed by atoms with Gasteiger partial charge in [-0.05, 0) is 43.2 Å². The van der Waals surface area contributed by atoms with Gasteiger partial charge in [0.15, 0.2) is 0 Å². The van der Waals surface area contributed by atoms with Crippen LogP contribution in [-0.4, -0.2) is 22.6 Å². The zero-order chi connectivity index (χ0) is 11.8. The van der Waals surface area contributed by atoms with Crippen molar-refractivity contribution in [3.05, 3.63) is 34.7 Å². The van der Waals surface area contributed by atoms with Gasteiger partial charge < -0.3 is 4.74 Å². The Balaban J connectivity index is 2.09. The molecular formula is C12H15NO2S. The molecule has 0 saturated carbocycles. The number of hydrogen-bond donors (Lipinski definition) is 0. The predicted octanol–water partition coefficient (Wildman–Crippen LogP) is 3.26. The highest BCUT2D eigenvalue weighted by atomic mass is 32.2. The number of fused-ring (bicyclic) bond motifs is 1. The van der Waals surface area contributed by atoms with E-state index in [9.17, 15) is 4.79 Å². The number of ether oxygens (including phenoxy) is 1. The third kappa shape index (κ3) is 2.32. The number of carbonyl (C=O) groups is 1. The SMILES string of the molecule is CC(C)(C)OC(=O)N1C=CC2=CSC=CC21. The van der Waals surface area contributed by atoms with Crippen LogP contribution in [0.25, 0.3) is 0 Å². The summed E-state index contributed by atoms with van der Waals surface area (Å²) in [6.45, 7) is 5.61. The fourth-order valence-electron chi connectivity index (χ4n) is 1.56. The molecule has 0 aliphatic carbocycles. The van der Waals surface area contributed by atoms with Crippen molar-refractivity contribution in [1.29, 1.82) is 0 Å². The molecular weight excluding hydrogens is 222 g/mol. The van der Waals surface area contributed by atoms with Gasteiger partial charge in [-0.25, -0.2) is 4.79 Å². The van der Waals surface area contributed by atoms with Crippen molar-refractivity contribution < 1.29 is 9.53 Å². The average molecular weight is 237 g/mol. The van der Waals surface area contributed by atoms with E-state index < -0.39 is 5.60 Å². The second-order valence-electron chi connectivity index (χ2n) is 4.73. The average Bonchev–Trinajstić information content (AvgIpc) is 2.58. The first-order valence-corrected chi connectivity index (χ1v) is 6.13. The number of thioether (sulfide) groups is 1. The van der Waals surface area contributed by atoms with Crippen LogP contribution in [0.1, 0.15) is 20.8 Å². The molecule has 4 heteroatoms. The molecule has 2 rings (SSSR count). The molecule has 2 aliphatic rings. The molecule has 0 bridgehead atoms. The van der Waals surface area contributed by atoms with Crippen LogP contribution in [-0.2, 0) is 4.74 Å². The highest BCUT2D eigenvalue weighted by Crippen LogP contribution is 2.30. The monoisotopic (exact) mass is 237 g/mol. The first-order valence-electron chi connectivity index (χ1n) is 5.19. The van der Waals surface area contributed by atoms with Gasteiger partial charge in [0.25, 0.3) is 0 Å². The summed E-state index contributed by atoms with van der Waals surface area (Å²) in [6.07, 6.45) is 5.43. The minimum absolute atomic E-state index is 0.0103. The summed E-state index contributed by atoms with van der Waals surface area (Å²) < 4.78 is 5.34. The van der Waals surface area contributed by atoms with Crippen LogP contribution in [0, 0.1) is 0 Å². The lowest BCUT2D eigenvalue weighted by atomic mass is 10.1. The topological polar surface area (TPSA) is 29.5 Å². The van der Waals surface area contributed by atoms with Crippen LogP contribution in [0.4, 0.5) is 4.79 Å². The zero-order valence-corrected chi connectivity index (χ0v) is 10.5. The van der Waals surface area contributed by atoms with E-state index in [-0.39, 0.29) is 12.1 Å². The molecule has 1 atom stereocenters. The van der Waals surface area contributed by atoms with Crippen LogP contribution >= 0.6 is 11.8 Å². The van der Waals surface area contributed by atoms with E-state index in [4.69, 9.17) is 4.74 Å². The van der Waals surface area contributed by atoms with Gasteiger partial charge in [0.1, 0.15) is 5.60 Å². The Kier molecular flexibility index (Phi) is 2.84. The summed E-state index contributed by atoms with van der Waals surface area (Å²) in [6, 6.07) is 0.0103. The molecule has 0 aromatic heterocycles. The molecule has 1 unspecified atom stereocenters. The largest absolute Gasteiger partial charge is 0.443 e. The molecule has 0 aromatic rings. The lowest BCUT2D eigenvalue weighted by Crippen LogP contribution is -2.37. The van der Waals surface area contributed by atoms with Gasteiger partial charge in [0.2, 0.25) is 0 Å². The number of carbonyl (C=O) groups excluding carboxylic acids is 1. The molecule has 0 spiro atoms. The molecule has 0 N–H and O–H groups in total. The van der Waals surface area contributed by atoms with E-state index in [1.165, 1.54) is 0 Å². The van der Waals surface area contributed by atoms with Crippen molar-refractivity contribution in [2.24, 2.45) is 0 Å². The molecule has 2 aliphatic heterocycles. The first kappa shape index (κ1) is 11.3. The molecule has 0 saturated heterocycles. The van der Waals surface area contributed by atoms with E-state index >= 15 is 0 Å². The van der Waals surface area contributed by atoms with E-state index in [2.05, 4.69) is 0 Å². The molecule has 86 valence electrons. The maximum Gasteiger partial charge on any atom is 0.415 e. The molecule has 3 nitrogen and oxygen atoms in total. The van der Waals surface area contributed by atoms with Crippen molar-refractivity contribution >= 4 is 17.9 Å². The fraction of sp³-hybridized carbons (Fsp3) is 0.417. The summed E-state index contributed by atoms with van der Waals surface area (Å²) in [7, 11) is 0. The van der Waals surface area contributed by atoms with Crippen LogP contribution in [0.2, 0.25) is 0 Å². The Morgan fingerprint density at radius 1 is 1.50 bits per heavy atom. The predicted molar refractivity (Wildman–Crippen MR) is 65.8 cm³/mol. The smallest absolute Gasteiger partial charge is 0.415 e. The van der Waals surface area contributed by atoms with Gasteiger partial charge in [-0.1, -0.05) is 6.08 Å². The van der Waals surface area contributed by atoms with Gasteiger partial charge in [0.05, 0.1) is 6.04 Å². The van der Waals surface area contributed by atoms with Crippen LogP contribution in [0.15, 0.2) is 34.7 Å². The second-order valence-corrected chi connectivity index (χ2v) is 5.51. The summed E-state index contributed by atoms with van der Waals surface area (Å²) >= 11 is 1.63. The van der Waals surface area contributed by atoms with Crippen molar-refractivity contribution in [3.63, 3.8) is 0 Å². The quantitative estimate of drug-likeness (QED) is 0.647. The normalized spacial score (nSPS) is 23.1. The van der Waals surface area contributed by atoms with Crippen LogP contribution in [0.3, 0.4) is 0 Å². The van der Waals surface area contributed by atoms with E-state index in [0.29, 0.717) is 0 Å². The van der Waals surface area contributed by atoms with Crippen LogP contribution in [0.5, 0.6) is 0 Å². The van der Waals surface area contributed by atoms with Gasteiger partial charge >= 0.3 is 6.09 Å². The number of amides is 1.